The van der Waals surface area contributed by atoms with Gasteiger partial charge in [0.05, 0.1) is 12.2 Å². The molecule has 0 saturated carbocycles. The molecule has 104 valence electrons. The molecular weight excluding hydrogens is 260 g/mol. The van der Waals surface area contributed by atoms with Crippen molar-refractivity contribution in [1.82, 2.24) is 14.5 Å². The number of aliphatic carboxylic acids is 1. The van der Waals surface area contributed by atoms with Gasteiger partial charge in [0.25, 0.3) is 5.56 Å². The molecule has 0 aliphatic rings. The van der Waals surface area contributed by atoms with Gasteiger partial charge in [-0.15, -0.1) is 0 Å². The van der Waals surface area contributed by atoms with Crippen molar-refractivity contribution >= 4 is 11.8 Å². The summed E-state index contributed by atoms with van der Waals surface area (Å²) < 4.78 is 1.11. The highest BCUT2D eigenvalue weighted by Gasteiger charge is 2.12. The lowest BCUT2D eigenvalue weighted by Crippen LogP contribution is -2.31. The second-order valence-corrected chi connectivity index (χ2v) is 4.25. The quantitative estimate of drug-likeness (QED) is 0.847. The van der Waals surface area contributed by atoms with Gasteiger partial charge in [0, 0.05) is 25.6 Å². The first-order chi connectivity index (χ1) is 9.58. The number of carboxylic acids is 1. The van der Waals surface area contributed by atoms with Crippen molar-refractivity contribution < 1.29 is 9.90 Å². The third-order valence-electron chi connectivity index (χ3n) is 2.69. The van der Waals surface area contributed by atoms with Crippen LogP contribution in [0.25, 0.3) is 0 Å². The second-order valence-electron chi connectivity index (χ2n) is 4.25. The van der Waals surface area contributed by atoms with Gasteiger partial charge in [0.15, 0.2) is 5.82 Å². The Labute approximate surface area is 115 Å². The van der Waals surface area contributed by atoms with Gasteiger partial charge in [-0.3, -0.25) is 19.1 Å². The predicted octanol–water partition coefficient (Wildman–Crippen LogP) is 0.359. The summed E-state index contributed by atoms with van der Waals surface area (Å²) in [5.74, 6) is -0.879. The zero-order chi connectivity index (χ0) is 14.5. The first-order valence-electron chi connectivity index (χ1n) is 5.96. The molecule has 0 unspecified atom stereocenters. The molecule has 2 rings (SSSR count). The fraction of sp³-hybridized carbons (Fsp3) is 0.231. The maximum atomic E-state index is 12.1. The number of nitrogens with zero attached hydrogens (tertiary/aromatic N) is 4. The molecule has 0 atom stereocenters. The molecule has 7 nitrogen and oxygen atoms in total. The molecule has 2 heterocycles. The first kappa shape index (κ1) is 13.7. The summed E-state index contributed by atoms with van der Waals surface area (Å²) in [6.07, 6.45) is 4.44. The Kier molecular flexibility index (Phi) is 4.09. The Morgan fingerprint density at radius 2 is 2.15 bits per heavy atom. The molecule has 1 N–H and O–H groups in total. The topological polar surface area (TPSA) is 88.3 Å². The lowest BCUT2D eigenvalue weighted by atomic mass is 10.3. The Morgan fingerprint density at radius 3 is 2.80 bits per heavy atom. The van der Waals surface area contributed by atoms with Crippen molar-refractivity contribution in [3.8, 4) is 0 Å². The van der Waals surface area contributed by atoms with Crippen LogP contribution in [-0.2, 0) is 17.9 Å². The van der Waals surface area contributed by atoms with Crippen molar-refractivity contribution in [2.45, 2.75) is 13.1 Å². The SMILES string of the molecule is CN(Cc1ccccn1)c1nccn(CC(=O)O)c1=O. The minimum atomic E-state index is -1.07. The van der Waals surface area contributed by atoms with Gasteiger partial charge >= 0.3 is 5.97 Å². The van der Waals surface area contributed by atoms with E-state index in [4.69, 9.17) is 5.11 Å². The summed E-state index contributed by atoms with van der Waals surface area (Å²) in [4.78, 5) is 32.6. The summed E-state index contributed by atoms with van der Waals surface area (Å²) in [5, 5.41) is 8.75. The van der Waals surface area contributed by atoms with Crippen LogP contribution in [0.2, 0.25) is 0 Å². The van der Waals surface area contributed by atoms with Crippen molar-refractivity contribution in [3.63, 3.8) is 0 Å². The second kappa shape index (κ2) is 5.96. The van der Waals surface area contributed by atoms with Gasteiger partial charge in [-0.25, -0.2) is 4.98 Å². The Hall–Kier alpha value is -2.70. The van der Waals surface area contributed by atoms with Crippen molar-refractivity contribution in [3.05, 3.63) is 52.8 Å². The van der Waals surface area contributed by atoms with Crippen LogP contribution in [0, 0.1) is 0 Å². The molecule has 0 radical (unpaired) electrons. The molecule has 0 aliphatic heterocycles. The maximum Gasteiger partial charge on any atom is 0.323 e. The van der Waals surface area contributed by atoms with E-state index in [1.165, 1.54) is 12.4 Å². The van der Waals surface area contributed by atoms with Crippen LogP contribution < -0.4 is 10.5 Å². The smallest absolute Gasteiger partial charge is 0.323 e. The normalized spacial score (nSPS) is 10.2. The molecule has 0 amide bonds. The highest BCUT2D eigenvalue weighted by Crippen LogP contribution is 2.05. The van der Waals surface area contributed by atoms with E-state index in [2.05, 4.69) is 9.97 Å². The van der Waals surface area contributed by atoms with Gasteiger partial charge < -0.3 is 10.0 Å². The summed E-state index contributed by atoms with van der Waals surface area (Å²) in [6, 6.07) is 5.51. The van der Waals surface area contributed by atoms with E-state index < -0.39 is 11.5 Å². The molecule has 2 aromatic heterocycles. The van der Waals surface area contributed by atoms with Crippen molar-refractivity contribution in [2.75, 3.05) is 11.9 Å². The average molecular weight is 274 g/mol. The van der Waals surface area contributed by atoms with E-state index in [0.717, 1.165) is 10.3 Å². The van der Waals surface area contributed by atoms with Gasteiger partial charge in [0.2, 0.25) is 0 Å². The number of anilines is 1. The van der Waals surface area contributed by atoms with Crippen molar-refractivity contribution in [2.24, 2.45) is 0 Å². The van der Waals surface area contributed by atoms with Crippen LogP contribution in [-0.4, -0.2) is 32.7 Å². The summed E-state index contributed by atoms with van der Waals surface area (Å²) in [5.41, 5.74) is 0.359. The van der Waals surface area contributed by atoms with Gasteiger partial charge in [-0.1, -0.05) is 6.07 Å². The Morgan fingerprint density at radius 1 is 1.35 bits per heavy atom. The molecule has 2 aromatic rings. The molecule has 7 heteroatoms. The van der Waals surface area contributed by atoms with E-state index in [9.17, 15) is 9.59 Å². The molecule has 0 spiro atoms. The molecule has 20 heavy (non-hydrogen) atoms. The van der Waals surface area contributed by atoms with Gasteiger partial charge in [-0.05, 0) is 12.1 Å². The third-order valence-corrected chi connectivity index (χ3v) is 2.69. The largest absolute Gasteiger partial charge is 0.480 e. The average Bonchev–Trinajstić information content (AvgIpc) is 2.41. The number of hydrogen-bond acceptors (Lipinski definition) is 5. The Balaban J connectivity index is 2.24. The minimum absolute atomic E-state index is 0.194. The Bertz CT molecular complexity index is 654. The summed E-state index contributed by atoms with van der Waals surface area (Å²) in [7, 11) is 1.71. The van der Waals surface area contributed by atoms with Gasteiger partial charge in [-0.2, -0.15) is 0 Å². The summed E-state index contributed by atoms with van der Waals surface area (Å²) >= 11 is 0. The zero-order valence-electron chi connectivity index (χ0n) is 10.9. The monoisotopic (exact) mass is 274 g/mol. The van der Waals surface area contributed by atoms with E-state index in [0.29, 0.717) is 6.54 Å². The van der Waals surface area contributed by atoms with E-state index >= 15 is 0 Å². The predicted molar refractivity (Wildman–Crippen MR) is 72.5 cm³/mol. The number of hydrogen-bond donors (Lipinski definition) is 1. The zero-order valence-corrected chi connectivity index (χ0v) is 10.9. The first-order valence-corrected chi connectivity index (χ1v) is 5.96. The van der Waals surface area contributed by atoms with Crippen LogP contribution in [0.5, 0.6) is 0 Å². The van der Waals surface area contributed by atoms with Crippen LogP contribution in [0.15, 0.2) is 41.6 Å². The van der Waals surface area contributed by atoms with Crippen LogP contribution in [0.4, 0.5) is 5.82 Å². The van der Waals surface area contributed by atoms with Crippen LogP contribution in [0.3, 0.4) is 0 Å². The number of carboxylic acid groups (broad SMARTS) is 1. The number of carbonyl (C=O) groups is 1. The fourth-order valence-electron chi connectivity index (χ4n) is 1.78. The standard InChI is InChI=1S/C13H14N4O3/c1-16(8-10-4-2-3-5-14-10)12-13(20)17(7-6-15-12)9-11(18)19/h2-7H,8-9H2,1H3,(H,18,19). The molecule has 0 saturated heterocycles. The fourth-order valence-corrected chi connectivity index (χ4v) is 1.78. The maximum absolute atomic E-state index is 12.1. The molecule has 0 bridgehead atoms. The highest BCUT2D eigenvalue weighted by molar-refractivity contribution is 5.66. The van der Waals surface area contributed by atoms with Crippen LogP contribution >= 0.6 is 0 Å². The van der Waals surface area contributed by atoms with E-state index in [1.807, 2.05) is 18.2 Å². The summed E-state index contributed by atoms with van der Waals surface area (Å²) in [6.45, 7) is 0.0337. The molecule has 0 aromatic carbocycles. The third kappa shape index (κ3) is 3.19. The molecule has 0 fully saturated rings. The molecular formula is C13H14N4O3. The number of rotatable bonds is 5. The lowest BCUT2D eigenvalue weighted by molar-refractivity contribution is -0.137. The van der Waals surface area contributed by atoms with E-state index in [1.54, 1.807) is 18.1 Å². The number of pyridine rings is 1. The highest BCUT2D eigenvalue weighted by atomic mass is 16.4. The van der Waals surface area contributed by atoms with E-state index in [-0.39, 0.29) is 12.4 Å². The van der Waals surface area contributed by atoms with Crippen molar-refractivity contribution in [1.29, 1.82) is 0 Å². The lowest BCUT2D eigenvalue weighted by Gasteiger charge is -2.17. The number of aromatic nitrogens is 3. The minimum Gasteiger partial charge on any atom is -0.480 e. The molecule has 0 aliphatic carbocycles. The van der Waals surface area contributed by atoms with Crippen LogP contribution in [0.1, 0.15) is 5.69 Å². The van der Waals surface area contributed by atoms with Gasteiger partial charge in [0.1, 0.15) is 6.54 Å².